The van der Waals surface area contributed by atoms with Crippen LogP contribution in [0.2, 0.25) is 5.02 Å². The fourth-order valence-corrected chi connectivity index (χ4v) is 4.12. The number of hydrogen-bond donors (Lipinski definition) is 3. The lowest BCUT2D eigenvalue weighted by atomic mass is 10.1. The van der Waals surface area contributed by atoms with Gasteiger partial charge in [-0.1, -0.05) is 41.9 Å². The van der Waals surface area contributed by atoms with Crippen molar-refractivity contribution in [3.05, 3.63) is 89.4 Å². The molecule has 0 saturated heterocycles. The van der Waals surface area contributed by atoms with E-state index < -0.39 is 10.0 Å². The van der Waals surface area contributed by atoms with E-state index in [2.05, 4.69) is 15.4 Å². The highest BCUT2D eigenvalue weighted by Gasteiger charge is 2.14. The van der Waals surface area contributed by atoms with Gasteiger partial charge in [0.2, 0.25) is 0 Å². The van der Waals surface area contributed by atoms with Crippen molar-refractivity contribution < 1.29 is 8.42 Å². The van der Waals surface area contributed by atoms with E-state index in [0.29, 0.717) is 21.5 Å². The largest absolute Gasteiger partial charge is 0.356 e. The number of halogens is 1. The summed E-state index contributed by atoms with van der Waals surface area (Å²) in [6, 6.07) is 22.8. The Morgan fingerprint density at radius 3 is 2.10 bits per heavy atom. The fourth-order valence-electron chi connectivity index (χ4n) is 2.64. The van der Waals surface area contributed by atoms with E-state index in [1.54, 1.807) is 36.4 Å². The number of hydrogen-bond acceptors (Lipinski definition) is 3. The van der Waals surface area contributed by atoms with E-state index in [1.807, 2.05) is 37.3 Å². The predicted octanol–water partition coefficient (Wildman–Crippen LogP) is 5.19. The molecule has 0 fully saturated rings. The molecule has 0 aromatic heterocycles. The second-order valence-electron chi connectivity index (χ2n) is 6.37. The third kappa shape index (κ3) is 5.93. The van der Waals surface area contributed by atoms with Gasteiger partial charge < -0.3 is 10.6 Å². The first kappa shape index (κ1) is 21.1. The topological polar surface area (TPSA) is 70.2 Å². The van der Waals surface area contributed by atoms with Crippen LogP contribution in [0.1, 0.15) is 18.5 Å². The molecule has 3 N–H and O–H groups in total. The van der Waals surface area contributed by atoms with E-state index >= 15 is 0 Å². The molecule has 3 aromatic carbocycles. The summed E-state index contributed by atoms with van der Waals surface area (Å²) in [5.74, 6) is 0. The highest BCUT2D eigenvalue weighted by Crippen LogP contribution is 2.20. The maximum Gasteiger partial charge on any atom is 0.261 e. The molecule has 150 valence electrons. The first-order valence-corrected chi connectivity index (χ1v) is 11.1. The number of rotatable bonds is 6. The zero-order chi connectivity index (χ0) is 20.9. The maximum atomic E-state index is 12.5. The molecule has 0 aliphatic carbocycles. The summed E-state index contributed by atoms with van der Waals surface area (Å²) in [7, 11) is -3.70. The minimum atomic E-state index is -3.70. The van der Waals surface area contributed by atoms with Crippen molar-refractivity contribution in [1.82, 2.24) is 5.32 Å². The van der Waals surface area contributed by atoms with Gasteiger partial charge in [0.25, 0.3) is 10.0 Å². The van der Waals surface area contributed by atoms with Gasteiger partial charge in [0.1, 0.15) is 0 Å². The first-order valence-electron chi connectivity index (χ1n) is 8.84. The Morgan fingerprint density at radius 2 is 1.48 bits per heavy atom. The van der Waals surface area contributed by atoms with Gasteiger partial charge in [0.05, 0.1) is 10.9 Å². The summed E-state index contributed by atoms with van der Waals surface area (Å²) in [5, 5.41) is 7.26. The molecule has 0 amide bonds. The van der Waals surface area contributed by atoms with Crippen molar-refractivity contribution in [2.75, 3.05) is 10.0 Å². The van der Waals surface area contributed by atoms with Crippen LogP contribution in [-0.2, 0) is 10.0 Å². The number of benzene rings is 3. The molecule has 0 aliphatic rings. The van der Waals surface area contributed by atoms with Gasteiger partial charge in [0, 0.05) is 16.4 Å². The lowest BCUT2D eigenvalue weighted by Crippen LogP contribution is -2.30. The molecule has 0 bridgehead atoms. The fraction of sp³-hybridized carbons (Fsp3) is 0.0952. The SMILES string of the molecule is CC(NC(=S)Nc1ccc(S(=O)(=O)Nc2ccc(Cl)cc2)cc1)c1ccccc1. The third-order valence-electron chi connectivity index (χ3n) is 4.17. The van der Waals surface area contributed by atoms with Gasteiger partial charge >= 0.3 is 0 Å². The molecule has 29 heavy (non-hydrogen) atoms. The number of anilines is 2. The molecule has 0 spiro atoms. The second kappa shape index (κ2) is 9.26. The van der Waals surface area contributed by atoms with Crippen LogP contribution in [0.3, 0.4) is 0 Å². The van der Waals surface area contributed by atoms with E-state index in [0.717, 1.165) is 5.56 Å². The average Bonchev–Trinajstić information content (AvgIpc) is 2.70. The van der Waals surface area contributed by atoms with E-state index in [9.17, 15) is 8.42 Å². The van der Waals surface area contributed by atoms with Gasteiger partial charge in [-0.15, -0.1) is 0 Å². The number of thiocarbonyl (C=S) groups is 1. The number of nitrogens with one attached hydrogen (secondary N) is 3. The highest BCUT2D eigenvalue weighted by atomic mass is 35.5. The average molecular weight is 446 g/mol. The predicted molar refractivity (Wildman–Crippen MR) is 123 cm³/mol. The summed E-state index contributed by atoms with van der Waals surface area (Å²) in [5.41, 5.74) is 2.25. The van der Waals surface area contributed by atoms with Crippen LogP contribution >= 0.6 is 23.8 Å². The van der Waals surface area contributed by atoms with Gasteiger partial charge in [-0.2, -0.15) is 0 Å². The Bertz CT molecular complexity index is 1070. The number of sulfonamides is 1. The Balaban J connectivity index is 1.62. The minimum Gasteiger partial charge on any atom is -0.356 e. The maximum absolute atomic E-state index is 12.5. The molecule has 1 unspecified atom stereocenters. The summed E-state index contributed by atoms with van der Waals surface area (Å²) in [4.78, 5) is 0.148. The van der Waals surface area contributed by atoms with Crippen LogP contribution in [0.4, 0.5) is 11.4 Å². The summed E-state index contributed by atoms with van der Waals surface area (Å²) in [6.45, 7) is 2.02. The highest BCUT2D eigenvalue weighted by molar-refractivity contribution is 7.92. The van der Waals surface area contributed by atoms with Gasteiger partial charge in [-0.25, -0.2) is 8.42 Å². The lowest BCUT2D eigenvalue weighted by Gasteiger charge is -2.17. The zero-order valence-corrected chi connectivity index (χ0v) is 18.0. The third-order valence-corrected chi connectivity index (χ3v) is 6.04. The van der Waals surface area contributed by atoms with Gasteiger partial charge in [-0.3, -0.25) is 4.72 Å². The van der Waals surface area contributed by atoms with Crippen molar-refractivity contribution in [2.24, 2.45) is 0 Å². The van der Waals surface area contributed by atoms with Gasteiger partial charge in [0.15, 0.2) is 5.11 Å². The molecule has 8 heteroatoms. The minimum absolute atomic E-state index is 0.0411. The molecule has 5 nitrogen and oxygen atoms in total. The zero-order valence-electron chi connectivity index (χ0n) is 15.6. The summed E-state index contributed by atoms with van der Waals surface area (Å²) in [6.07, 6.45) is 0. The van der Waals surface area contributed by atoms with Crippen LogP contribution in [-0.4, -0.2) is 13.5 Å². The lowest BCUT2D eigenvalue weighted by molar-refractivity contribution is 0.601. The standard InChI is InChI=1S/C21H20ClN3O2S2/c1-15(16-5-3-2-4-6-16)23-21(28)24-18-11-13-20(14-12-18)29(26,27)25-19-9-7-17(22)8-10-19/h2-15,25H,1H3,(H2,23,24,28). The van der Waals surface area contributed by atoms with Crippen molar-refractivity contribution in [3.8, 4) is 0 Å². The molecule has 0 radical (unpaired) electrons. The first-order chi connectivity index (χ1) is 13.8. The van der Waals surface area contributed by atoms with Crippen LogP contribution in [0, 0.1) is 0 Å². The van der Waals surface area contributed by atoms with Crippen LogP contribution < -0.4 is 15.4 Å². The molecule has 3 aromatic rings. The quantitative estimate of drug-likeness (QED) is 0.455. The molecule has 0 heterocycles. The van der Waals surface area contributed by atoms with Gasteiger partial charge in [-0.05, 0) is 73.2 Å². The normalized spacial score (nSPS) is 12.1. The molecule has 0 saturated carbocycles. The monoisotopic (exact) mass is 445 g/mol. The van der Waals surface area contributed by atoms with E-state index in [4.69, 9.17) is 23.8 Å². The van der Waals surface area contributed by atoms with E-state index in [1.165, 1.54) is 12.1 Å². The Labute approximate surface area is 181 Å². The molecule has 1 atom stereocenters. The van der Waals surface area contributed by atoms with Crippen LogP contribution in [0.5, 0.6) is 0 Å². The van der Waals surface area contributed by atoms with Crippen LogP contribution in [0.15, 0.2) is 83.8 Å². The Kier molecular flexibility index (Phi) is 6.74. The molecule has 0 aliphatic heterocycles. The Hall–Kier alpha value is -2.61. The van der Waals surface area contributed by atoms with Crippen molar-refractivity contribution in [2.45, 2.75) is 17.9 Å². The smallest absolute Gasteiger partial charge is 0.261 e. The summed E-state index contributed by atoms with van der Waals surface area (Å²) < 4.78 is 27.6. The Morgan fingerprint density at radius 1 is 0.897 bits per heavy atom. The second-order valence-corrected chi connectivity index (χ2v) is 8.89. The molecule has 3 rings (SSSR count). The van der Waals surface area contributed by atoms with E-state index in [-0.39, 0.29) is 10.9 Å². The van der Waals surface area contributed by atoms with Crippen molar-refractivity contribution in [1.29, 1.82) is 0 Å². The molecular weight excluding hydrogens is 426 g/mol. The van der Waals surface area contributed by atoms with Crippen molar-refractivity contribution in [3.63, 3.8) is 0 Å². The van der Waals surface area contributed by atoms with Crippen LogP contribution in [0.25, 0.3) is 0 Å². The molecular formula is C21H20ClN3O2S2. The van der Waals surface area contributed by atoms with Crippen molar-refractivity contribution >= 4 is 50.3 Å². The summed E-state index contributed by atoms with van der Waals surface area (Å²) >= 11 is 11.2.